The van der Waals surface area contributed by atoms with Crippen LogP contribution < -0.4 is 5.32 Å². The van der Waals surface area contributed by atoms with E-state index in [2.05, 4.69) is 19.2 Å². The molecule has 1 amide bonds. The van der Waals surface area contributed by atoms with Crippen molar-refractivity contribution in [3.63, 3.8) is 0 Å². The zero-order valence-electron chi connectivity index (χ0n) is 53.8. The topological polar surface area (TPSA) is 442 Å². The average Bonchev–Trinajstić information content (AvgIpc) is 0.880. The fourth-order valence-corrected chi connectivity index (χ4v) is 13.9. The second kappa shape index (κ2) is 46.3. The number of aliphatic hydroxyl groups is 14. The summed E-state index contributed by atoms with van der Waals surface area (Å²) < 4.78 is 57.9. The summed E-state index contributed by atoms with van der Waals surface area (Å²) in [7, 11) is -11.1. The van der Waals surface area contributed by atoms with E-state index in [1.54, 1.807) is 0 Å². The Bertz CT molecular complexity index is 1920. The zero-order valence-corrected chi connectivity index (χ0v) is 55.6. The SMILES string of the molecule is CCCCCCCCCCCCCCCCCCCCCCCCCC(=O)N[C@@H](COP(=O)(O)O[C@@H]1[C@H](O)[C@H](O)[C@@H](O)[C@H](O)[C@H]1OC1O[C@H](COP(=O)(O)OC2[C@H](O)[C@H](O)C(O)[C@H](O)[C@H]2O)[C@@H](O)[C@H](O)[C@@H]1O)[C@H](O)[C@H](O)CCCCCCCCCCCCCC. The van der Waals surface area contributed by atoms with Crippen LogP contribution in [0, 0.1) is 0 Å². The standard InChI is InChI=1S/C62H121NO25P2/c1-3-5-7-9-11-13-15-17-18-19-20-21-22-23-24-25-26-27-29-31-33-35-37-39-45(65)63-42(46(66)43(64)38-36-34-32-30-28-16-14-12-10-8-6-4-2)40-83-89(79,80)88-61-57(77)53(73)52(72)56(76)60(61)86-62-58(78)48(68)47(67)44(85-62)41-84-90(81,82)87-59-54(74)50(70)49(69)51(71)55(59)75/h42-44,46-62,64,66-78H,3-41H2,1-2H3,(H,63,65)(H,79,80)(H,81,82)/t42-,43+,44+,46-,47+,48-,49?,50-,51+,52+,53+,54+,55+,56-,57+,58-,59?,60+,61+,62?/m0/s1. The first-order valence-electron chi connectivity index (χ1n) is 34.3. The van der Waals surface area contributed by atoms with Crippen molar-refractivity contribution in [1.29, 1.82) is 0 Å². The fourth-order valence-electron chi connectivity index (χ4n) is 12.0. The van der Waals surface area contributed by atoms with Gasteiger partial charge in [0.2, 0.25) is 5.91 Å². The van der Waals surface area contributed by atoms with E-state index in [0.717, 1.165) is 64.2 Å². The van der Waals surface area contributed by atoms with Crippen molar-refractivity contribution in [1.82, 2.24) is 5.32 Å². The number of carbonyl (C=O) groups is 1. The molecule has 1 saturated heterocycles. The number of ether oxygens (including phenoxy) is 2. The molecule has 5 unspecified atom stereocenters. The van der Waals surface area contributed by atoms with Crippen LogP contribution in [0.15, 0.2) is 0 Å². The van der Waals surface area contributed by atoms with E-state index in [9.17, 15) is 95.2 Å². The second-order valence-electron chi connectivity index (χ2n) is 25.6. The third-order valence-corrected chi connectivity index (χ3v) is 19.9. The number of aliphatic hydroxyl groups excluding tert-OH is 14. The molecule has 28 heteroatoms. The average molecular weight is 1340 g/mol. The molecule has 22 atom stereocenters. The van der Waals surface area contributed by atoms with Gasteiger partial charge >= 0.3 is 15.6 Å². The predicted molar refractivity (Wildman–Crippen MR) is 333 cm³/mol. The number of hydrogen-bond acceptors (Lipinski definition) is 23. The van der Waals surface area contributed by atoms with Crippen LogP contribution in [0.3, 0.4) is 0 Å². The van der Waals surface area contributed by atoms with Crippen LogP contribution >= 0.6 is 15.6 Å². The molecule has 17 N–H and O–H groups in total. The maximum absolute atomic E-state index is 13.8. The number of rotatable bonds is 52. The minimum Gasteiger partial charge on any atom is -0.390 e. The van der Waals surface area contributed by atoms with Gasteiger partial charge in [0.15, 0.2) is 6.29 Å². The Morgan fingerprint density at radius 1 is 0.411 bits per heavy atom. The second-order valence-corrected chi connectivity index (χ2v) is 28.4. The summed E-state index contributed by atoms with van der Waals surface area (Å²) in [5.74, 6) is -0.549. The Balaban J connectivity index is 1.56. The number of phosphoric ester groups is 2. The molecule has 1 aliphatic heterocycles. The number of phosphoric acid groups is 2. The number of nitrogens with one attached hydrogen (secondary N) is 1. The highest BCUT2D eigenvalue weighted by atomic mass is 31.2. The number of unbranched alkanes of at least 4 members (excludes halogenated alkanes) is 33. The van der Waals surface area contributed by atoms with Crippen LogP contribution in [0.4, 0.5) is 0 Å². The van der Waals surface area contributed by atoms with Gasteiger partial charge in [0.05, 0.1) is 25.4 Å². The molecular weight excluding hydrogens is 1220 g/mol. The van der Waals surface area contributed by atoms with Crippen LogP contribution in [-0.2, 0) is 41.5 Å². The monoisotopic (exact) mass is 1340 g/mol. The number of amides is 1. The molecule has 3 aliphatic rings. The summed E-state index contributed by atoms with van der Waals surface area (Å²) in [6.07, 6.45) is -0.601. The molecular formula is C62H121NO25P2. The molecule has 0 aromatic rings. The molecule has 90 heavy (non-hydrogen) atoms. The van der Waals surface area contributed by atoms with Crippen LogP contribution in [0.1, 0.15) is 251 Å². The predicted octanol–water partition coefficient (Wildman–Crippen LogP) is 5.14. The van der Waals surface area contributed by atoms with Crippen LogP contribution in [0.25, 0.3) is 0 Å². The van der Waals surface area contributed by atoms with Crippen LogP contribution in [-0.4, -0.2) is 223 Å². The summed E-state index contributed by atoms with van der Waals surface area (Å²) in [6, 6.07) is -1.51. The Morgan fingerprint density at radius 2 is 0.733 bits per heavy atom. The molecule has 2 aliphatic carbocycles. The summed E-state index contributed by atoms with van der Waals surface area (Å²) in [4.78, 5) is 35.0. The van der Waals surface area contributed by atoms with E-state index < -0.39 is 157 Å². The molecule has 534 valence electrons. The highest BCUT2D eigenvalue weighted by Crippen LogP contribution is 2.49. The molecule has 0 spiro atoms. The maximum Gasteiger partial charge on any atom is 0.472 e. The summed E-state index contributed by atoms with van der Waals surface area (Å²) in [6.45, 7) is 2.21. The Hall–Kier alpha value is -0.950. The van der Waals surface area contributed by atoms with Crippen molar-refractivity contribution in [2.24, 2.45) is 0 Å². The molecule has 0 radical (unpaired) electrons. The van der Waals surface area contributed by atoms with Crippen LogP contribution in [0.5, 0.6) is 0 Å². The van der Waals surface area contributed by atoms with Crippen LogP contribution in [0.2, 0.25) is 0 Å². The maximum atomic E-state index is 13.8. The highest BCUT2D eigenvalue weighted by Gasteiger charge is 2.56. The normalized spacial score (nSPS) is 31.4. The first-order valence-corrected chi connectivity index (χ1v) is 37.3. The van der Waals surface area contributed by atoms with Crippen molar-refractivity contribution in [3.05, 3.63) is 0 Å². The zero-order chi connectivity index (χ0) is 66.7. The first kappa shape index (κ1) is 83.3. The van der Waals surface area contributed by atoms with Gasteiger partial charge in [-0.3, -0.25) is 22.9 Å². The highest BCUT2D eigenvalue weighted by molar-refractivity contribution is 7.47. The molecule has 0 aromatic heterocycles. The minimum absolute atomic E-state index is 0.0212. The molecule has 1 heterocycles. The van der Waals surface area contributed by atoms with Crippen molar-refractivity contribution < 1.29 is 123 Å². The van der Waals surface area contributed by atoms with Crippen molar-refractivity contribution >= 4 is 21.6 Å². The third kappa shape index (κ3) is 31.1. The van der Waals surface area contributed by atoms with E-state index >= 15 is 0 Å². The van der Waals surface area contributed by atoms with E-state index in [1.807, 2.05) is 0 Å². The van der Waals surface area contributed by atoms with Crippen molar-refractivity contribution in [3.8, 4) is 0 Å². The lowest BCUT2D eigenvalue weighted by Crippen LogP contribution is -2.67. The quantitative estimate of drug-likeness (QED) is 0.0277. The van der Waals surface area contributed by atoms with Gasteiger partial charge < -0.3 is 96.1 Å². The van der Waals surface area contributed by atoms with E-state index in [0.29, 0.717) is 12.8 Å². The summed E-state index contributed by atoms with van der Waals surface area (Å²) in [5, 5.41) is 152. The lowest BCUT2D eigenvalue weighted by Gasteiger charge is -2.47. The Labute approximate surface area is 534 Å². The Morgan fingerprint density at radius 3 is 1.14 bits per heavy atom. The molecule has 3 fully saturated rings. The van der Waals surface area contributed by atoms with Crippen molar-refractivity contribution in [2.45, 2.75) is 374 Å². The minimum atomic E-state index is -5.61. The lowest BCUT2D eigenvalue weighted by atomic mass is 9.84. The van der Waals surface area contributed by atoms with Gasteiger partial charge in [-0.25, -0.2) is 9.13 Å². The van der Waals surface area contributed by atoms with Crippen molar-refractivity contribution in [2.75, 3.05) is 13.2 Å². The van der Waals surface area contributed by atoms with Gasteiger partial charge in [-0.05, 0) is 12.8 Å². The fraction of sp³-hybridized carbons (Fsp3) is 0.984. The van der Waals surface area contributed by atoms with E-state index in [1.165, 1.54) is 148 Å². The molecule has 2 saturated carbocycles. The van der Waals surface area contributed by atoms with Gasteiger partial charge in [0.1, 0.15) is 104 Å². The van der Waals surface area contributed by atoms with Gasteiger partial charge in [0, 0.05) is 6.42 Å². The first-order chi connectivity index (χ1) is 42.9. The summed E-state index contributed by atoms with van der Waals surface area (Å²) >= 11 is 0. The third-order valence-electron chi connectivity index (χ3n) is 17.9. The smallest absolute Gasteiger partial charge is 0.390 e. The Kier molecular flexibility index (Phi) is 42.8. The molecule has 3 rings (SSSR count). The molecule has 0 bridgehead atoms. The number of carbonyl (C=O) groups excluding carboxylic acids is 1. The van der Waals surface area contributed by atoms with E-state index in [4.69, 9.17) is 27.6 Å². The molecule has 26 nitrogen and oxygen atoms in total. The lowest BCUT2D eigenvalue weighted by molar-refractivity contribution is -0.337. The van der Waals surface area contributed by atoms with Gasteiger partial charge in [-0.15, -0.1) is 0 Å². The van der Waals surface area contributed by atoms with Gasteiger partial charge in [-0.1, -0.05) is 232 Å². The van der Waals surface area contributed by atoms with Gasteiger partial charge in [0.25, 0.3) is 0 Å². The largest absolute Gasteiger partial charge is 0.472 e. The van der Waals surface area contributed by atoms with Gasteiger partial charge in [-0.2, -0.15) is 0 Å². The number of hydrogen-bond donors (Lipinski definition) is 17. The van der Waals surface area contributed by atoms with E-state index in [-0.39, 0.29) is 12.8 Å². The molecule has 0 aromatic carbocycles. The summed E-state index contributed by atoms with van der Waals surface area (Å²) in [5.41, 5.74) is 0.